The Kier molecular flexibility index (Phi) is 7.83. The SMILES string of the molecule is O=C(O)C[C@H](Cc1ccccc1)NC(=O)[C@@H]1Cc2c([nH]c3ccccc23)[C@H]2C[C@H](NC(=O)OCc3ccccc3)C(=O)N21. The number of hydrogen-bond donors (Lipinski definition) is 4. The highest BCUT2D eigenvalue weighted by Crippen LogP contribution is 2.43. The Hall–Kier alpha value is -5.12. The van der Waals surface area contributed by atoms with Crippen LogP contribution < -0.4 is 10.6 Å². The number of aromatic nitrogens is 1. The number of carboxylic acid groups (broad SMARTS) is 1. The molecule has 220 valence electrons. The van der Waals surface area contributed by atoms with E-state index in [1.54, 1.807) is 0 Å². The van der Waals surface area contributed by atoms with E-state index in [4.69, 9.17) is 4.74 Å². The number of nitrogens with one attached hydrogen (secondary N) is 3. The fraction of sp³-hybridized carbons (Fsp3) is 0.273. The van der Waals surface area contributed by atoms with Gasteiger partial charge in [0.15, 0.2) is 0 Å². The number of fused-ring (bicyclic) bond motifs is 5. The Bertz CT molecular complexity index is 1650. The van der Waals surface area contributed by atoms with Crippen molar-refractivity contribution in [1.82, 2.24) is 20.5 Å². The Morgan fingerprint density at radius 3 is 2.35 bits per heavy atom. The molecular weight excluding hydrogens is 548 g/mol. The second-order valence-electron chi connectivity index (χ2n) is 11.0. The second-order valence-corrected chi connectivity index (χ2v) is 11.0. The smallest absolute Gasteiger partial charge is 0.408 e. The Balaban J connectivity index is 1.25. The quantitative estimate of drug-likeness (QED) is 0.237. The van der Waals surface area contributed by atoms with Crippen LogP contribution in [0.2, 0.25) is 0 Å². The molecule has 0 unspecified atom stereocenters. The van der Waals surface area contributed by atoms with Crippen LogP contribution in [0.25, 0.3) is 10.9 Å². The Labute approximate surface area is 248 Å². The molecule has 4 atom stereocenters. The summed E-state index contributed by atoms with van der Waals surface area (Å²) in [4.78, 5) is 57.1. The molecule has 0 aliphatic carbocycles. The maximum Gasteiger partial charge on any atom is 0.408 e. The first kappa shape index (κ1) is 28.0. The first-order valence-corrected chi connectivity index (χ1v) is 14.3. The maximum atomic E-state index is 13.9. The van der Waals surface area contributed by atoms with Gasteiger partial charge in [-0.25, -0.2) is 4.79 Å². The maximum absolute atomic E-state index is 13.9. The van der Waals surface area contributed by atoms with Crippen molar-refractivity contribution in [2.45, 2.75) is 56.5 Å². The lowest BCUT2D eigenvalue weighted by molar-refractivity contribution is -0.142. The summed E-state index contributed by atoms with van der Waals surface area (Å²) in [6.07, 6.45) is -0.140. The van der Waals surface area contributed by atoms with Crippen LogP contribution in [-0.4, -0.2) is 57.0 Å². The number of H-pyrrole nitrogens is 1. The molecule has 1 saturated heterocycles. The number of para-hydroxylation sites is 1. The lowest BCUT2D eigenvalue weighted by atomic mass is 9.91. The van der Waals surface area contributed by atoms with Gasteiger partial charge >= 0.3 is 12.1 Å². The average molecular weight is 581 g/mol. The first-order chi connectivity index (χ1) is 20.9. The zero-order valence-electron chi connectivity index (χ0n) is 23.4. The number of amides is 3. The van der Waals surface area contributed by atoms with Gasteiger partial charge in [0.25, 0.3) is 0 Å². The number of benzene rings is 3. The summed E-state index contributed by atoms with van der Waals surface area (Å²) in [5, 5.41) is 16.2. The van der Waals surface area contributed by atoms with Crippen LogP contribution in [0.4, 0.5) is 4.79 Å². The molecule has 43 heavy (non-hydrogen) atoms. The van der Waals surface area contributed by atoms with Gasteiger partial charge < -0.3 is 30.4 Å². The summed E-state index contributed by atoms with van der Waals surface area (Å²) in [5.74, 6) is -1.84. The molecule has 10 heteroatoms. The summed E-state index contributed by atoms with van der Waals surface area (Å²) in [5.41, 5.74) is 4.39. The van der Waals surface area contributed by atoms with E-state index in [2.05, 4.69) is 15.6 Å². The van der Waals surface area contributed by atoms with Crippen LogP contribution >= 0.6 is 0 Å². The Morgan fingerprint density at radius 1 is 0.953 bits per heavy atom. The minimum absolute atomic E-state index is 0.0598. The van der Waals surface area contributed by atoms with Gasteiger partial charge in [0.1, 0.15) is 18.7 Å². The van der Waals surface area contributed by atoms with Crippen molar-refractivity contribution in [3.05, 3.63) is 107 Å². The predicted molar refractivity (Wildman–Crippen MR) is 158 cm³/mol. The van der Waals surface area contributed by atoms with Gasteiger partial charge in [-0.15, -0.1) is 0 Å². The largest absolute Gasteiger partial charge is 0.481 e. The van der Waals surface area contributed by atoms with E-state index in [9.17, 15) is 24.3 Å². The molecule has 0 bridgehead atoms. The van der Waals surface area contributed by atoms with Gasteiger partial charge in [-0.05, 0) is 29.2 Å². The summed E-state index contributed by atoms with van der Waals surface area (Å²) < 4.78 is 5.37. The number of ether oxygens (including phenoxy) is 1. The third-order valence-electron chi connectivity index (χ3n) is 8.16. The van der Waals surface area contributed by atoms with Crippen LogP contribution in [-0.2, 0) is 38.6 Å². The molecule has 4 N–H and O–H groups in total. The summed E-state index contributed by atoms with van der Waals surface area (Å²) in [6, 6.07) is 23.4. The number of alkyl carbamates (subject to hydrolysis) is 1. The van der Waals surface area contributed by atoms with E-state index in [0.29, 0.717) is 6.42 Å². The molecule has 2 aliphatic rings. The molecule has 3 aromatic carbocycles. The van der Waals surface area contributed by atoms with Crippen molar-refractivity contribution in [2.24, 2.45) is 0 Å². The van der Waals surface area contributed by atoms with Crippen LogP contribution in [0.1, 0.15) is 41.3 Å². The number of carbonyl (C=O) groups is 4. The molecule has 0 radical (unpaired) electrons. The third-order valence-corrected chi connectivity index (χ3v) is 8.16. The van der Waals surface area contributed by atoms with E-state index in [1.807, 2.05) is 84.9 Å². The van der Waals surface area contributed by atoms with E-state index >= 15 is 0 Å². The normalized spacial score (nSPS) is 19.8. The minimum atomic E-state index is -1.03. The van der Waals surface area contributed by atoms with Crippen molar-refractivity contribution in [2.75, 3.05) is 0 Å². The molecular formula is C33H32N4O6. The van der Waals surface area contributed by atoms with Gasteiger partial charge in [0.05, 0.1) is 12.5 Å². The standard InChI is InChI=1S/C33H32N4O6/c38-29(39)16-22(15-20-9-3-1-4-10-20)34-31(40)28-17-24-23-13-7-8-14-25(23)35-30(24)27-18-26(32(41)37(27)28)36-33(42)43-19-21-11-5-2-6-12-21/h1-14,22,26-28,35H,15-19H2,(H,34,40)(H,36,42)(H,38,39)/t22-,26-,27+,28-/m0/s1. The predicted octanol–water partition coefficient (Wildman–Crippen LogP) is 3.86. The van der Waals surface area contributed by atoms with E-state index in [0.717, 1.165) is 33.3 Å². The van der Waals surface area contributed by atoms with Crippen LogP contribution in [0.15, 0.2) is 84.9 Å². The van der Waals surface area contributed by atoms with Gasteiger partial charge in [0.2, 0.25) is 11.8 Å². The second kappa shape index (κ2) is 12.0. The van der Waals surface area contributed by atoms with E-state index < -0.39 is 42.1 Å². The fourth-order valence-electron chi connectivity index (χ4n) is 6.24. The zero-order valence-corrected chi connectivity index (χ0v) is 23.4. The van der Waals surface area contributed by atoms with Crippen molar-refractivity contribution in [1.29, 1.82) is 0 Å². The van der Waals surface area contributed by atoms with Crippen molar-refractivity contribution in [3.63, 3.8) is 0 Å². The molecule has 1 aromatic heterocycles. The number of hydrogen-bond acceptors (Lipinski definition) is 5. The number of aromatic amines is 1. The topological polar surface area (TPSA) is 141 Å². The van der Waals surface area contributed by atoms with Gasteiger partial charge in [-0.1, -0.05) is 78.9 Å². The van der Waals surface area contributed by atoms with Gasteiger partial charge in [0, 0.05) is 35.5 Å². The summed E-state index contributed by atoms with van der Waals surface area (Å²) >= 11 is 0. The lowest BCUT2D eigenvalue weighted by Crippen LogP contribution is -2.55. The molecule has 1 fully saturated rings. The molecule has 0 spiro atoms. The molecule has 3 amide bonds. The van der Waals surface area contributed by atoms with Crippen LogP contribution in [0.3, 0.4) is 0 Å². The number of nitrogens with zero attached hydrogens (tertiary/aromatic N) is 1. The Morgan fingerprint density at radius 2 is 1.63 bits per heavy atom. The average Bonchev–Trinajstić information content (AvgIpc) is 3.54. The van der Waals surface area contributed by atoms with Crippen molar-refractivity contribution < 1.29 is 29.0 Å². The molecule has 6 rings (SSSR count). The minimum Gasteiger partial charge on any atom is -0.481 e. The van der Waals surface area contributed by atoms with E-state index in [1.165, 1.54) is 4.90 Å². The zero-order chi connectivity index (χ0) is 29.9. The lowest BCUT2D eigenvalue weighted by Gasteiger charge is -2.37. The van der Waals surface area contributed by atoms with Crippen LogP contribution in [0, 0.1) is 0 Å². The highest BCUT2D eigenvalue weighted by atomic mass is 16.5. The summed E-state index contributed by atoms with van der Waals surface area (Å²) in [6.45, 7) is 0.0598. The van der Waals surface area contributed by atoms with Gasteiger partial charge in [-0.3, -0.25) is 14.4 Å². The summed E-state index contributed by atoms with van der Waals surface area (Å²) in [7, 11) is 0. The number of carbonyl (C=O) groups excluding carboxylic acids is 3. The highest BCUT2D eigenvalue weighted by molar-refractivity contribution is 5.96. The fourth-order valence-corrected chi connectivity index (χ4v) is 6.24. The molecule has 0 saturated carbocycles. The number of rotatable bonds is 9. The number of carboxylic acids is 1. The molecule has 3 heterocycles. The van der Waals surface area contributed by atoms with Gasteiger partial charge in [-0.2, -0.15) is 0 Å². The first-order valence-electron chi connectivity index (χ1n) is 14.3. The monoisotopic (exact) mass is 580 g/mol. The molecule has 2 aliphatic heterocycles. The molecule has 10 nitrogen and oxygen atoms in total. The van der Waals surface area contributed by atoms with Crippen LogP contribution in [0.5, 0.6) is 0 Å². The highest BCUT2D eigenvalue weighted by Gasteiger charge is 2.51. The third kappa shape index (κ3) is 5.94. The number of aliphatic carboxylic acids is 1. The van der Waals surface area contributed by atoms with Crippen molar-refractivity contribution >= 4 is 34.8 Å². The van der Waals surface area contributed by atoms with E-state index in [-0.39, 0.29) is 31.8 Å². The van der Waals surface area contributed by atoms with Crippen molar-refractivity contribution in [3.8, 4) is 0 Å². The molecule has 4 aromatic rings.